The zero-order valence-corrected chi connectivity index (χ0v) is 11.1. The van der Waals surface area contributed by atoms with Crippen LogP contribution in [0.5, 0.6) is 0 Å². The van der Waals surface area contributed by atoms with Crippen molar-refractivity contribution in [2.24, 2.45) is 5.73 Å². The van der Waals surface area contributed by atoms with Gasteiger partial charge >= 0.3 is 5.97 Å². The lowest BCUT2D eigenvalue weighted by atomic mass is 10.2. The number of halogens is 2. The maximum absolute atomic E-state index is 13.6. The van der Waals surface area contributed by atoms with E-state index in [1.807, 2.05) is 0 Å². The smallest absolute Gasteiger partial charge is 0.335 e. The number of aromatic carboxylic acids is 1. The van der Waals surface area contributed by atoms with Gasteiger partial charge in [0, 0.05) is 0 Å². The third-order valence-corrected chi connectivity index (χ3v) is 4.84. The topological polar surface area (TPSA) is 115 Å². The number of carboxylic acids is 1. The van der Waals surface area contributed by atoms with E-state index in [9.17, 15) is 26.8 Å². The quantitative estimate of drug-likeness (QED) is 0.831. The van der Waals surface area contributed by atoms with Crippen LogP contribution in [0.4, 0.5) is 8.78 Å². The molecular formula is C11H11F2NO5S. The molecule has 0 aliphatic rings. The lowest BCUT2D eigenvalue weighted by Crippen LogP contribution is -2.36. The number of benzene rings is 1. The molecule has 9 heteroatoms. The summed E-state index contributed by atoms with van der Waals surface area (Å²) in [4.78, 5) is 20.6. The van der Waals surface area contributed by atoms with E-state index < -0.39 is 49.1 Å². The number of carbonyl (C=O) groups excluding carboxylic acids is 1. The Labute approximate surface area is 113 Å². The van der Waals surface area contributed by atoms with Crippen LogP contribution in [0, 0.1) is 11.6 Å². The molecule has 0 spiro atoms. The lowest BCUT2D eigenvalue weighted by molar-refractivity contribution is -0.117. The van der Waals surface area contributed by atoms with Crippen LogP contribution in [0.25, 0.3) is 0 Å². The van der Waals surface area contributed by atoms with E-state index in [0.29, 0.717) is 12.1 Å². The fraction of sp³-hybridized carbons (Fsp3) is 0.273. The third kappa shape index (κ3) is 2.77. The fourth-order valence-electron chi connectivity index (χ4n) is 1.62. The van der Waals surface area contributed by atoms with Gasteiger partial charge in [0.2, 0.25) is 5.91 Å². The summed E-state index contributed by atoms with van der Waals surface area (Å²) < 4.78 is 51.0. The summed E-state index contributed by atoms with van der Waals surface area (Å²) in [6.07, 6.45) is -0.254. The Hall–Kier alpha value is -2.03. The van der Waals surface area contributed by atoms with Crippen LogP contribution in [0.2, 0.25) is 0 Å². The molecule has 0 saturated heterocycles. The largest absolute Gasteiger partial charge is 0.478 e. The molecule has 1 atom stereocenters. The van der Waals surface area contributed by atoms with Crippen LogP contribution >= 0.6 is 0 Å². The average Bonchev–Trinajstić information content (AvgIpc) is 2.31. The first kappa shape index (κ1) is 16.0. The van der Waals surface area contributed by atoms with Crippen LogP contribution in [0.3, 0.4) is 0 Å². The predicted octanol–water partition coefficient (Wildman–Crippen LogP) is 0.701. The summed E-state index contributed by atoms with van der Waals surface area (Å²) in [7, 11) is -4.61. The Kier molecular flexibility index (Phi) is 4.43. The molecule has 0 bridgehead atoms. The van der Waals surface area contributed by atoms with Gasteiger partial charge in [0.1, 0.15) is 10.1 Å². The molecule has 1 amide bonds. The zero-order valence-electron chi connectivity index (χ0n) is 10.3. The highest BCUT2D eigenvalue weighted by Gasteiger charge is 2.34. The van der Waals surface area contributed by atoms with Crippen molar-refractivity contribution >= 4 is 21.7 Å². The van der Waals surface area contributed by atoms with Gasteiger partial charge in [-0.2, -0.15) is 0 Å². The van der Waals surface area contributed by atoms with Crippen LogP contribution in [0.15, 0.2) is 17.0 Å². The Bertz CT molecular complexity index is 672. The molecule has 1 aromatic carbocycles. The van der Waals surface area contributed by atoms with E-state index in [2.05, 4.69) is 0 Å². The molecule has 3 N–H and O–H groups in total. The number of carboxylic acid groups (broad SMARTS) is 1. The molecule has 1 unspecified atom stereocenters. The first-order chi connectivity index (χ1) is 9.12. The molecule has 110 valence electrons. The van der Waals surface area contributed by atoms with Crippen LogP contribution in [0.1, 0.15) is 23.7 Å². The highest BCUT2D eigenvalue weighted by molar-refractivity contribution is 7.92. The second-order valence-corrected chi connectivity index (χ2v) is 6.02. The first-order valence-corrected chi connectivity index (χ1v) is 6.93. The van der Waals surface area contributed by atoms with Crippen molar-refractivity contribution in [1.82, 2.24) is 0 Å². The number of nitrogens with two attached hydrogens (primary N) is 1. The molecule has 0 fully saturated rings. The van der Waals surface area contributed by atoms with Crippen molar-refractivity contribution in [2.45, 2.75) is 23.5 Å². The van der Waals surface area contributed by atoms with Gasteiger partial charge < -0.3 is 10.8 Å². The van der Waals surface area contributed by atoms with Gasteiger partial charge in [0.15, 0.2) is 21.5 Å². The van der Waals surface area contributed by atoms with Gasteiger partial charge in [-0.3, -0.25) is 4.79 Å². The summed E-state index contributed by atoms with van der Waals surface area (Å²) in [5.41, 5.74) is 4.16. The molecule has 1 aromatic rings. The normalized spacial score (nSPS) is 12.9. The van der Waals surface area contributed by atoms with E-state index in [1.54, 1.807) is 0 Å². The molecule has 20 heavy (non-hydrogen) atoms. The summed E-state index contributed by atoms with van der Waals surface area (Å²) in [5, 5.41) is 6.96. The van der Waals surface area contributed by atoms with Gasteiger partial charge in [-0.1, -0.05) is 6.92 Å². The van der Waals surface area contributed by atoms with E-state index in [4.69, 9.17) is 10.8 Å². The van der Waals surface area contributed by atoms with Gasteiger partial charge in [-0.05, 0) is 18.6 Å². The van der Waals surface area contributed by atoms with Gasteiger partial charge in [-0.15, -0.1) is 0 Å². The molecule has 6 nitrogen and oxygen atoms in total. The summed E-state index contributed by atoms with van der Waals surface area (Å²) in [6.45, 7) is 1.32. The van der Waals surface area contributed by atoms with Gasteiger partial charge in [0.05, 0.1) is 5.56 Å². The Morgan fingerprint density at radius 1 is 1.35 bits per heavy atom. The highest BCUT2D eigenvalue weighted by Crippen LogP contribution is 2.25. The molecule has 1 rings (SSSR count). The molecule has 0 aromatic heterocycles. The summed E-state index contributed by atoms with van der Waals surface area (Å²) >= 11 is 0. The Morgan fingerprint density at radius 3 is 2.30 bits per heavy atom. The maximum atomic E-state index is 13.6. The third-order valence-electron chi connectivity index (χ3n) is 2.61. The molecule has 0 aliphatic heterocycles. The zero-order chi connectivity index (χ0) is 15.7. The number of rotatable bonds is 5. The van der Waals surface area contributed by atoms with Crippen molar-refractivity contribution in [3.8, 4) is 0 Å². The van der Waals surface area contributed by atoms with Crippen molar-refractivity contribution in [3.63, 3.8) is 0 Å². The Morgan fingerprint density at radius 2 is 1.90 bits per heavy atom. The highest BCUT2D eigenvalue weighted by atomic mass is 32.2. The monoisotopic (exact) mass is 307 g/mol. The fourth-order valence-corrected chi connectivity index (χ4v) is 3.31. The molecule has 0 heterocycles. The standard InChI is InChI=1S/C11H11F2NO5S/c1-2-7(10(14)15)20(18,19)8-4-5(11(16)17)3-6(12)9(8)13/h3-4,7H,2H2,1H3,(H2,14,15)(H,16,17). The SMILES string of the molecule is CCC(C(N)=O)S(=O)(=O)c1cc(C(=O)O)cc(F)c1F. The Balaban J connectivity index is 3.60. The minimum absolute atomic E-state index is 0.254. The van der Waals surface area contributed by atoms with E-state index in [0.717, 1.165) is 0 Å². The van der Waals surface area contributed by atoms with E-state index in [-0.39, 0.29) is 6.42 Å². The van der Waals surface area contributed by atoms with Crippen molar-refractivity contribution < 1.29 is 31.9 Å². The second kappa shape index (κ2) is 5.53. The second-order valence-electron chi connectivity index (χ2n) is 3.92. The number of hydrogen-bond donors (Lipinski definition) is 2. The maximum Gasteiger partial charge on any atom is 0.335 e. The lowest BCUT2D eigenvalue weighted by Gasteiger charge is -2.13. The molecular weight excluding hydrogens is 296 g/mol. The van der Waals surface area contributed by atoms with Crippen LogP contribution < -0.4 is 5.73 Å². The van der Waals surface area contributed by atoms with Crippen molar-refractivity contribution in [2.75, 3.05) is 0 Å². The predicted molar refractivity (Wildman–Crippen MR) is 63.8 cm³/mol. The molecule has 0 radical (unpaired) electrons. The minimum Gasteiger partial charge on any atom is -0.478 e. The number of sulfone groups is 1. The summed E-state index contributed by atoms with van der Waals surface area (Å²) in [6, 6.07) is 0.809. The van der Waals surface area contributed by atoms with Crippen LogP contribution in [-0.2, 0) is 14.6 Å². The molecule has 0 saturated carbocycles. The van der Waals surface area contributed by atoms with E-state index >= 15 is 0 Å². The minimum atomic E-state index is -4.61. The van der Waals surface area contributed by atoms with Gasteiger partial charge in [-0.25, -0.2) is 22.0 Å². The van der Waals surface area contributed by atoms with Gasteiger partial charge in [0.25, 0.3) is 0 Å². The number of amides is 1. The van der Waals surface area contributed by atoms with Crippen molar-refractivity contribution in [3.05, 3.63) is 29.3 Å². The number of primary amides is 1. The number of hydrogen-bond acceptors (Lipinski definition) is 4. The molecule has 0 aliphatic carbocycles. The number of carbonyl (C=O) groups is 2. The van der Waals surface area contributed by atoms with E-state index in [1.165, 1.54) is 6.92 Å². The average molecular weight is 307 g/mol. The van der Waals surface area contributed by atoms with Crippen molar-refractivity contribution in [1.29, 1.82) is 0 Å². The van der Waals surface area contributed by atoms with Crippen LogP contribution in [-0.4, -0.2) is 30.7 Å². The first-order valence-electron chi connectivity index (χ1n) is 5.38. The summed E-state index contributed by atoms with van der Waals surface area (Å²) in [5.74, 6) is -6.24.